The van der Waals surface area contributed by atoms with Gasteiger partial charge in [0.2, 0.25) is 0 Å². The average Bonchev–Trinajstić information content (AvgIpc) is 2.66. The molecule has 2 nitrogen and oxygen atoms in total. The highest BCUT2D eigenvalue weighted by Gasteiger charge is 2.52. The molecule has 0 bridgehead atoms. The second-order valence-electron chi connectivity index (χ2n) is 6.27. The minimum Gasteiger partial charge on any atom is -0.364 e. The molecule has 0 amide bonds. The van der Waals surface area contributed by atoms with Gasteiger partial charge in [0.25, 0.3) is 0 Å². The summed E-state index contributed by atoms with van der Waals surface area (Å²) in [6.45, 7) is 8.23. The highest BCUT2D eigenvalue weighted by atomic mass is 16.5. The molecule has 0 saturated carbocycles. The summed E-state index contributed by atoms with van der Waals surface area (Å²) in [5.41, 5.74) is 1.30. The summed E-state index contributed by atoms with van der Waals surface area (Å²) in [6.07, 6.45) is 7.33. The van der Waals surface area contributed by atoms with Crippen LogP contribution in [-0.4, -0.2) is 17.0 Å². The van der Waals surface area contributed by atoms with Crippen LogP contribution >= 0.6 is 0 Å². The molecule has 0 aromatic heterocycles. The lowest BCUT2D eigenvalue weighted by molar-refractivity contribution is -0.117. The lowest BCUT2D eigenvalue weighted by atomic mass is 9.81. The van der Waals surface area contributed by atoms with Crippen LogP contribution in [0.15, 0.2) is 11.6 Å². The van der Waals surface area contributed by atoms with Crippen molar-refractivity contribution in [3.63, 3.8) is 0 Å². The third-order valence-corrected chi connectivity index (χ3v) is 4.58. The predicted octanol–water partition coefficient (Wildman–Crippen LogP) is 3.65. The summed E-state index contributed by atoms with van der Waals surface area (Å²) >= 11 is 0. The third kappa shape index (κ3) is 2.33. The summed E-state index contributed by atoms with van der Waals surface area (Å²) in [6, 6.07) is 0. The molecule has 2 unspecified atom stereocenters. The van der Waals surface area contributed by atoms with Gasteiger partial charge in [-0.05, 0) is 64.9 Å². The molecule has 17 heavy (non-hydrogen) atoms. The van der Waals surface area contributed by atoms with Gasteiger partial charge in [0.1, 0.15) is 5.78 Å². The van der Waals surface area contributed by atoms with Crippen molar-refractivity contribution in [2.24, 2.45) is 5.92 Å². The van der Waals surface area contributed by atoms with E-state index in [9.17, 15) is 4.79 Å². The first kappa shape index (κ1) is 12.8. The molecular weight excluding hydrogens is 212 g/mol. The first-order valence-corrected chi connectivity index (χ1v) is 6.73. The normalized spacial score (nSPS) is 35.3. The molecule has 2 aliphatic rings. The first-order valence-electron chi connectivity index (χ1n) is 6.73. The Balaban J connectivity index is 2.09. The van der Waals surface area contributed by atoms with Crippen LogP contribution in [-0.2, 0) is 9.53 Å². The maximum absolute atomic E-state index is 11.1. The number of carbonyl (C=O) groups excluding carboxylic acids is 1. The molecule has 1 saturated heterocycles. The van der Waals surface area contributed by atoms with Gasteiger partial charge in [-0.15, -0.1) is 0 Å². The Bertz CT molecular complexity index is 354. The van der Waals surface area contributed by atoms with Gasteiger partial charge >= 0.3 is 0 Å². The van der Waals surface area contributed by atoms with E-state index in [1.165, 1.54) is 5.57 Å². The highest BCUT2D eigenvalue weighted by molar-refractivity contribution is 5.75. The first-order chi connectivity index (χ1) is 7.86. The lowest BCUT2D eigenvalue weighted by Crippen LogP contribution is -2.32. The van der Waals surface area contributed by atoms with Crippen LogP contribution in [0.5, 0.6) is 0 Å². The van der Waals surface area contributed by atoms with E-state index in [1.807, 2.05) is 0 Å². The Labute approximate surface area is 104 Å². The van der Waals surface area contributed by atoms with Crippen molar-refractivity contribution in [2.45, 2.75) is 71.0 Å². The minimum atomic E-state index is -0.0884. The van der Waals surface area contributed by atoms with Crippen LogP contribution in [0.1, 0.15) is 59.8 Å². The maximum Gasteiger partial charge on any atom is 0.129 e. The van der Waals surface area contributed by atoms with E-state index in [2.05, 4.69) is 26.8 Å². The zero-order valence-corrected chi connectivity index (χ0v) is 11.5. The fourth-order valence-corrected chi connectivity index (χ4v) is 3.40. The molecule has 1 spiro atoms. The van der Waals surface area contributed by atoms with Gasteiger partial charge in [-0.25, -0.2) is 0 Å². The van der Waals surface area contributed by atoms with E-state index < -0.39 is 0 Å². The van der Waals surface area contributed by atoms with Crippen LogP contribution in [0.25, 0.3) is 0 Å². The standard InChI is InChI=1S/C15H24O2/c1-11-6-5-9-15(11)10-13(8-7-12(2)16)14(3,4)17-15/h6,13H,5,7-10H2,1-4H3. The summed E-state index contributed by atoms with van der Waals surface area (Å²) in [4.78, 5) is 11.1. The molecule has 2 heteroatoms. The average molecular weight is 236 g/mol. The van der Waals surface area contributed by atoms with Gasteiger partial charge in [0, 0.05) is 6.42 Å². The topological polar surface area (TPSA) is 26.3 Å². The van der Waals surface area contributed by atoms with Crippen LogP contribution in [0.2, 0.25) is 0 Å². The van der Waals surface area contributed by atoms with Gasteiger partial charge in [-0.2, -0.15) is 0 Å². The summed E-state index contributed by atoms with van der Waals surface area (Å²) < 4.78 is 6.37. The largest absolute Gasteiger partial charge is 0.364 e. The van der Waals surface area contributed by atoms with Crippen LogP contribution in [0.3, 0.4) is 0 Å². The Morgan fingerprint density at radius 3 is 2.76 bits per heavy atom. The molecule has 1 aliphatic carbocycles. The zero-order chi connectivity index (χ0) is 12.7. The molecule has 1 heterocycles. The van der Waals surface area contributed by atoms with Crippen LogP contribution in [0, 0.1) is 5.92 Å². The summed E-state index contributed by atoms with van der Waals surface area (Å²) in [5, 5.41) is 0. The fraction of sp³-hybridized carbons (Fsp3) is 0.800. The Morgan fingerprint density at radius 2 is 2.24 bits per heavy atom. The van der Waals surface area contributed by atoms with E-state index in [1.54, 1.807) is 6.92 Å². The van der Waals surface area contributed by atoms with E-state index in [4.69, 9.17) is 4.74 Å². The molecular formula is C15H24O2. The Hall–Kier alpha value is -0.630. The van der Waals surface area contributed by atoms with E-state index in [-0.39, 0.29) is 11.2 Å². The second kappa shape index (κ2) is 4.24. The monoisotopic (exact) mass is 236 g/mol. The van der Waals surface area contributed by atoms with E-state index in [0.717, 1.165) is 25.7 Å². The summed E-state index contributed by atoms with van der Waals surface area (Å²) in [7, 11) is 0. The van der Waals surface area contributed by atoms with E-state index >= 15 is 0 Å². The van der Waals surface area contributed by atoms with Crippen molar-refractivity contribution in [3.05, 3.63) is 11.6 Å². The number of allylic oxidation sites excluding steroid dienone is 1. The predicted molar refractivity (Wildman–Crippen MR) is 68.9 cm³/mol. The van der Waals surface area contributed by atoms with Gasteiger partial charge in [-0.3, -0.25) is 0 Å². The number of Topliss-reactive ketones (excluding diaryl/α,β-unsaturated/α-hetero) is 1. The number of hydrogen-bond acceptors (Lipinski definition) is 2. The molecule has 2 rings (SSSR count). The van der Waals surface area contributed by atoms with Crippen molar-refractivity contribution in [2.75, 3.05) is 0 Å². The minimum absolute atomic E-state index is 0.00897. The van der Waals surface area contributed by atoms with Crippen molar-refractivity contribution in [1.29, 1.82) is 0 Å². The van der Waals surface area contributed by atoms with Gasteiger partial charge in [0.15, 0.2) is 0 Å². The third-order valence-electron chi connectivity index (χ3n) is 4.58. The molecule has 0 radical (unpaired) electrons. The van der Waals surface area contributed by atoms with E-state index in [0.29, 0.717) is 18.1 Å². The lowest BCUT2D eigenvalue weighted by Gasteiger charge is -2.30. The van der Waals surface area contributed by atoms with Crippen molar-refractivity contribution in [1.82, 2.24) is 0 Å². The highest BCUT2D eigenvalue weighted by Crippen LogP contribution is 2.52. The fourth-order valence-electron chi connectivity index (χ4n) is 3.40. The number of hydrogen-bond donors (Lipinski definition) is 0. The van der Waals surface area contributed by atoms with Gasteiger partial charge in [-0.1, -0.05) is 6.08 Å². The van der Waals surface area contributed by atoms with Crippen LogP contribution in [0.4, 0.5) is 0 Å². The molecule has 0 N–H and O–H groups in total. The number of ketones is 1. The molecule has 0 aromatic carbocycles. The second-order valence-corrected chi connectivity index (χ2v) is 6.27. The Morgan fingerprint density at radius 1 is 1.53 bits per heavy atom. The SMILES string of the molecule is CC(=O)CCC1CC2(CCC=C2C)OC1(C)C. The van der Waals surface area contributed by atoms with Crippen molar-refractivity contribution in [3.8, 4) is 0 Å². The molecule has 96 valence electrons. The molecule has 2 atom stereocenters. The van der Waals surface area contributed by atoms with Gasteiger partial charge in [0.05, 0.1) is 11.2 Å². The maximum atomic E-state index is 11.1. The van der Waals surface area contributed by atoms with Crippen molar-refractivity contribution >= 4 is 5.78 Å². The Kier molecular flexibility index (Phi) is 3.19. The summed E-state index contributed by atoms with van der Waals surface area (Å²) in [5.74, 6) is 0.799. The number of carbonyl (C=O) groups is 1. The zero-order valence-electron chi connectivity index (χ0n) is 11.5. The van der Waals surface area contributed by atoms with Crippen LogP contribution < -0.4 is 0 Å². The quantitative estimate of drug-likeness (QED) is 0.699. The number of ether oxygens (including phenoxy) is 1. The molecule has 1 aliphatic heterocycles. The van der Waals surface area contributed by atoms with Crippen molar-refractivity contribution < 1.29 is 9.53 Å². The number of rotatable bonds is 3. The molecule has 0 aromatic rings. The molecule has 1 fully saturated rings. The smallest absolute Gasteiger partial charge is 0.129 e. The van der Waals surface area contributed by atoms with Gasteiger partial charge < -0.3 is 9.53 Å².